The Labute approximate surface area is 54.6 Å². The monoisotopic (exact) mass is 128 g/mol. The molecule has 51 valence electrons. The molecule has 0 bridgehead atoms. The van der Waals surface area contributed by atoms with Crippen molar-refractivity contribution in [3.63, 3.8) is 0 Å². The minimum absolute atomic E-state index is 0.316. The maximum atomic E-state index is 9.94. The van der Waals surface area contributed by atoms with E-state index in [2.05, 4.69) is 0 Å². The van der Waals surface area contributed by atoms with E-state index in [4.69, 9.17) is 0 Å². The number of hydrogen-bond donors (Lipinski definition) is 0. The molecule has 0 N–H and O–H groups in total. The van der Waals surface area contributed by atoms with Gasteiger partial charge in [-0.15, -0.1) is 0 Å². The Morgan fingerprint density at radius 1 is 1.67 bits per heavy atom. The lowest BCUT2D eigenvalue weighted by molar-refractivity contribution is -0.115. The summed E-state index contributed by atoms with van der Waals surface area (Å²) in [4.78, 5) is 20.7. The molecular formula is C6H10NO2. The zero-order valence-corrected chi connectivity index (χ0v) is 5.63. The van der Waals surface area contributed by atoms with Crippen LogP contribution in [-0.2, 0) is 9.59 Å². The maximum absolute atomic E-state index is 9.94. The molecule has 0 fully saturated rings. The minimum Gasteiger partial charge on any atom is -0.278 e. The smallest absolute Gasteiger partial charge is 0.278 e. The van der Waals surface area contributed by atoms with Gasteiger partial charge in [0.25, 0.3) is 0 Å². The van der Waals surface area contributed by atoms with Crippen LogP contribution in [0.25, 0.3) is 0 Å². The summed E-state index contributed by atoms with van der Waals surface area (Å²) in [5.41, 5.74) is 0. The van der Waals surface area contributed by atoms with Gasteiger partial charge >= 0.3 is 6.41 Å². The van der Waals surface area contributed by atoms with Crippen molar-refractivity contribution in [3.8, 4) is 0 Å². The Hall–Kier alpha value is -0.860. The van der Waals surface area contributed by atoms with Crippen LogP contribution < -0.4 is 0 Å². The third-order valence-electron chi connectivity index (χ3n) is 0.806. The lowest BCUT2D eigenvalue weighted by Gasteiger charge is -2.08. The van der Waals surface area contributed by atoms with E-state index in [9.17, 15) is 9.59 Å². The quantitative estimate of drug-likeness (QED) is 0.399. The normalized spacial score (nSPS) is 9.22. The topological polar surface area (TPSA) is 37.4 Å². The molecule has 0 spiro atoms. The molecule has 0 aromatic rings. The highest BCUT2D eigenvalue weighted by Crippen LogP contribution is 1.92. The lowest BCUT2D eigenvalue weighted by Crippen LogP contribution is -2.24. The van der Waals surface area contributed by atoms with E-state index >= 15 is 0 Å². The van der Waals surface area contributed by atoms with Gasteiger partial charge in [0.1, 0.15) is 0 Å². The van der Waals surface area contributed by atoms with Gasteiger partial charge in [-0.2, -0.15) is 0 Å². The molecule has 1 radical (unpaired) electrons. The van der Waals surface area contributed by atoms with Crippen LogP contribution in [0.2, 0.25) is 0 Å². The standard InChI is InChI=1S/C6H10NO2/c1-6(2)3-7(4-8)5-9/h4,6H,3H2,1-2H3. The molecule has 0 aliphatic rings. The van der Waals surface area contributed by atoms with Crippen LogP contribution in [0.5, 0.6) is 0 Å². The number of carbonyl (C=O) groups is 1. The fourth-order valence-electron chi connectivity index (χ4n) is 0.495. The van der Waals surface area contributed by atoms with E-state index in [1.807, 2.05) is 13.8 Å². The van der Waals surface area contributed by atoms with Crippen LogP contribution in [-0.4, -0.2) is 24.3 Å². The van der Waals surface area contributed by atoms with Crippen LogP contribution in [0.15, 0.2) is 0 Å². The number of carbonyl (C=O) groups excluding carboxylic acids is 2. The summed E-state index contributed by atoms with van der Waals surface area (Å²) in [5.74, 6) is 0.316. The van der Waals surface area contributed by atoms with Crippen LogP contribution in [0.3, 0.4) is 0 Å². The van der Waals surface area contributed by atoms with Gasteiger partial charge in [-0.3, -0.25) is 14.5 Å². The van der Waals surface area contributed by atoms with Crippen molar-refractivity contribution < 1.29 is 9.59 Å². The highest BCUT2D eigenvalue weighted by molar-refractivity contribution is 5.68. The van der Waals surface area contributed by atoms with Gasteiger partial charge in [-0.1, -0.05) is 13.8 Å². The van der Waals surface area contributed by atoms with E-state index in [1.165, 1.54) is 6.41 Å². The molecule has 0 saturated heterocycles. The SMILES string of the molecule is CC(C)CN([C]=O)C=O. The van der Waals surface area contributed by atoms with Gasteiger partial charge in [-0.25, -0.2) is 0 Å². The lowest BCUT2D eigenvalue weighted by atomic mass is 10.2. The molecule has 3 heteroatoms. The summed E-state index contributed by atoms with van der Waals surface area (Å²) in [5, 5.41) is 0. The van der Waals surface area contributed by atoms with Gasteiger partial charge in [0.2, 0.25) is 6.41 Å². The van der Waals surface area contributed by atoms with Gasteiger partial charge in [0.05, 0.1) is 0 Å². The summed E-state index contributed by atoms with van der Waals surface area (Å²) >= 11 is 0. The molecule has 0 aliphatic heterocycles. The Balaban J connectivity index is 3.55. The van der Waals surface area contributed by atoms with E-state index in [0.29, 0.717) is 18.9 Å². The predicted molar refractivity (Wildman–Crippen MR) is 33.3 cm³/mol. The molecule has 0 aromatic heterocycles. The van der Waals surface area contributed by atoms with Gasteiger partial charge < -0.3 is 0 Å². The first-order chi connectivity index (χ1) is 4.20. The number of nitrogens with zero attached hydrogens (tertiary/aromatic N) is 1. The first-order valence-corrected chi connectivity index (χ1v) is 2.80. The Morgan fingerprint density at radius 2 is 2.22 bits per heavy atom. The second-order valence-electron chi connectivity index (χ2n) is 2.24. The van der Waals surface area contributed by atoms with E-state index in [1.54, 1.807) is 0 Å². The van der Waals surface area contributed by atoms with Crippen LogP contribution in [0.4, 0.5) is 0 Å². The first-order valence-electron chi connectivity index (χ1n) is 2.80. The molecular weight excluding hydrogens is 118 g/mol. The third-order valence-corrected chi connectivity index (χ3v) is 0.806. The molecule has 3 nitrogen and oxygen atoms in total. The van der Waals surface area contributed by atoms with Gasteiger partial charge in [0, 0.05) is 6.54 Å². The molecule has 9 heavy (non-hydrogen) atoms. The number of imide groups is 1. The molecule has 2 amide bonds. The zero-order valence-electron chi connectivity index (χ0n) is 5.63. The number of amides is 2. The fourth-order valence-corrected chi connectivity index (χ4v) is 0.495. The average molecular weight is 128 g/mol. The molecule has 0 aliphatic carbocycles. The summed E-state index contributed by atoms with van der Waals surface area (Å²) in [7, 11) is 0. The van der Waals surface area contributed by atoms with Crippen molar-refractivity contribution >= 4 is 12.8 Å². The van der Waals surface area contributed by atoms with E-state index in [-0.39, 0.29) is 0 Å². The summed E-state index contributed by atoms with van der Waals surface area (Å²) < 4.78 is 0. The van der Waals surface area contributed by atoms with Gasteiger partial charge in [0.15, 0.2) is 0 Å². The molecule has 0 heterocycles. The molecule has 0 atom stereocenters. The molecule has 0 rings (SSSR count). The highest BCUT2D eigenvalue weighted by Gasteiger charge is 2.01. The predicted octanol–water partition coefficient (Wildman–Crippen LogP) is 0.168. The van der Waals surface area contributed by atoms with Crippen LogP contribution in [0, 0.1) is 5.92 Å². The van der Waals surface area contributed by atoms with Crippen molar-refractivity contribution in [2.24, 2.45) is 5.92 Å². The second-order valence-corrected chi connectivity index (χ2v) is 2.24. The number of hydrogen-bond acceptors (Lipinski definition) is 2. The highest BCUT2D eigenvalue weighted by atomic mass is 16.2. The minimum atomic E-state index is 0.316. The van der Waals surface area contributed by atoms with Crippen molar-refractivity contribution in [1.82, 2.24) is 4.90 Å². The first kappa shape index (κ1) is 8.14. The molecule has 0 unspecified atom stereocenters. The van der Waals surface area contributed by atoms with E-state index in [0.717, 1.165) is 4.90 Å². The number of rotatable bonds is 4. The van der Waals surface area contributed by atoms with Crippen molar-refractivity contribution in [2.45, 2.75) is 13.8 Å². The second kappa shape index (κ2) is 4.06. The summed E-state index contributed by atoms with van der Waals surface area (Å²) in [6, 6.07) is 0. The maximum Gasteiger partial charge on any atom is 0.318 e. The summed E-state index contributed by atoms with van der Waals surface area (Å²) in [6.45, 7) is 4.30. The molecule has 0 aromatic carbocycles. The Bertz CT molecular complexity index is 93.2. The average Bonchev–Trinajstić information content (AvgIpc) is 1.82. The fraction of sp³-hybridized carbons (Fsp3) is 0.667. The summed E-state index contributed by atoms with van der Waals surface area (Å²) in [6.07, 6.45) is 1.98. The molecule has 0 saturated carbocycles. The zero-order chi connectivity index (χ0) is 7.28. The van der Waals surface area contributed by atoms with Gasteiger partial charge in [-0.05, 0) is 5.92 Å². The Morgan fingerprint density at radius 3 is 2.33 bits per heavy atom. The van der Waals surface area contributed by atoms with Crippen LogP contribution in [0.1, 0.15) is 13.8 Å². The van der Waals surface area contributed by atoms with Crippen molar-refractivity contribution in [3.05, 3.63) is 0 Å². The van der Waals surface area contributed by atoms with Crippen molar-refractivity contribution in [2.75, 3.05) is 6.54 Å². The van der Waals surface area contributed by atoms with Crippen LogP contribution >= 0.6 is 0 Å². The van der Waals surface area contributed by atoms with Crippen molar-refractivity contribution in [1.29, 1.82) is 0 Å². The van der Waals surface area contributed by atoms with E-state index < -0.39 is 0 Å². The Kier molecular flexibility index (Phi) is 3.67. The third kappa shape index (κ3) is 3.70. The largest absolute Gasteiger partial charge is 0.318 e.